The van der Waals surface area contributed by atoms with Crippen LogP contribution in [0.4, 0.5) is 0 Å². The molecule has 1 nitrogen and oxygen atoms in total. The number of rotatable bonds is 4. The average Bonchev–Trinajstić information content (AvgIpc) is 2.50. The van der Waals surface area contributed by atoms with E-state index in [0.717, 1.165) is 24.8 Å². The van der Waals surface area contributed by atoms with Gasteiger partial charge in [0, 0.05) is 0 Å². The second-order valence-corrected chi connectivity index (χ2v) is 9.20. The van der Waals surface area contributed by atoms with Crippen LogP contribution < -0.4 is 0 Å². The summed E-state index contributed by atoms with van der Waals surface area (Å²) in [6.45, 7) is 15.5. The van der Waals surface area contributed by atoms with Gasteiger partial charge in [-0.3, -0.25) is 0 Å². The smallest absolute Gasteiger partial charge is 0.119 e. The van der Waals surface area contributed by atoms with Gasteiger partial charge in [0.25, 0.3) is 0 Å². The predicted molar refractivity (Wildman–Crippen MR) is 109 cm³/mol. The van der Waals surface area contributed by atoms with E-state index in [2.05, 4.69) is 78.8 Å². The molecule has 2 rings (SSSR count). The molecule has 0 radical (unpaired) electrons. The van der Waals surface area contributed by atoms with Crippen molar-refractivity contribution in [2.24, 2.45) is 0 Å². The third-order valence-electron chi connectivity index (χ3n) is 4.93. The molecule has 0 atom stereocenters. The standard InChI is InChI=1S/C24H34O/c1-8-19-15-17(11-13-20(19)23(2,3)4)9-10-18-12-14-21(22(25)16-18)24(5,6)7/h11-16,25H,8-10H2,1-7H3. The Kier molecular flexibility index (Phi) is 5.66. The Morgan fingerprint density at radius 3 is 1.64 bits per heavy atom. The molecule has 0 saturated carbocycles. The quantitative estimate of drug-likeness (QED) is 0.690. The lowest BCUT2D eigenvalue weighted by molar-refractivity contribution is 0.446. The Morgan fingerprint density at radius 2 is 1.20 bits per heavy atom. The van der Waals surface area contributed by atoms with Crippen LogP contribution in [0.5, 0.6) is 5.75 Å². The van der Waals surface area contributed by atoms with E-state index in [0.29, 0.717) is 5.75 Å². The zero-order valence-corrected chi connectivity index (χ0v) is 17.0. The van der Waals surface area contributed by atoms with Crippen LogP contribution in [0, 0.1) is 0 Å². The van der Waals surface area contributed by atoms with Gasteiger partial charge in [0.05, 0.1) is 0 Å². The lowest BCUT2D eigenvalue weighted by Gasteiger charge is -2.23. The maximum atomic E-state index is 10.3. The van der Waals surface area contributed by atoms with Crippen molar-refractivity contribution in [1.29, 1.82) is 0 Å². The highest BCUT2D eigenvalue weighted by Gasteiger charge is 2.19. The summed E-state index contributed by atoms with van der Waals surface area (Å²) in [7, 11) is 0. The predicted octanol–water partition coefficient (Wildman–Crippen LogP) is 6.33. The average molecular weight is 339 g/mol. The van der Waals surface area contributed by atoms with Crippen molar-refractivity contribution >= 4 is 0 Å². The molecule has 0 bridgehead atoms. The van der Waals surface area contributed by atoms with E-state index in [-0.39, 0.29) is 10.8 Å². The summed E-state index contributed by atoms with van der Waals surface area (Å²) >= 11 is 0. The molecule has 0 aliphatic carbocycles. The Hall–Kier alpha value is -1.76. The van der Waals surface area contributed by atoms with Gasteiger partial charge in [-0.05, 0) is 64.0 Å². The summed E-state index contributed by atoms with van der Waals surface area (Å²) < 4.78 is 0. The fourth-order valence-corrected chi connectivity index (χ4v) is 3.48. The zero-order valence-electron chi connectivity index (χ0n) is 17.0. The molecule has 25 heavy (non-hydrogen) atoms. The van der Waals surface area contributed by atoms with Crippen molar-refractivity contribution in [3.8, 4) is 5.75 Å². The molecule has 0 fully saturated rings. The van der Waals surface area contributed by atoms with Crippen molar-refractivity contribution in [2.75, 3.05) is 0 Å². The molecule has 0 aliphatic rings. The van der Waals surface area contributed by atoms with Crippen molar-refractivity contribution in [3.05, 3.63) is 64.2 Å². The molecule has 0 unspecified atom stereocenters. The van der Waals surface area contributed by atoms with Crippen LogP contribution in [0.2, 0.25) is 0 Å². The normalized spacial score (nSPS) is 12.4. The molecule has 1 N–H and O–H groups in total. The topological polar surface area (TPSA) is 20.2 Å². The summed E-state index contributed by atoms with van der Waals surface area (Å²) in [6, 6.07) is 13.1. The molecule has 0 heterocycles. The minimum atomic E-state index is -0.0264. The highest BCUT2D eigenvalue weighted by atomic mass is 16.3. The number of phenols is 1. The minimum Gasteiger partial charge on any atom is -0.508 e. The van der Waals surface area contributed by atoms with Crippen molar-refractivity contribution < 1.29 is 5.11 Å². The number of hydrogen-bond acceptors (Lipinski definition) is 1. The van der Waals surface area contributed by atoms with Gasteiger partial charge >= 0.3 is 0 Å². The van der Waals surface area contributed by atoms with Gasteiger partial charge in [-0.25, -0.2) is 0 Å². The monoisotopic (exact) mass is 338 g/mol. The summed E-state index contributed by atoms with van der Waals surface area (Å²) in [5.74, 6) is 0.419. The largest absolute Gasteiger partial charge is 0.508 e. The summed E-state index contributed by atoms with van der Waals surface area (Å²) in [4.78, 5) is 0. The van der Waals surface area contributed by atoms with Gasteiger partial charge in [0.1, 0.15) is 5.75 Å². The van der Waals surface area contributed by atoms with Gasteiger partial charge in [-0.15, -0.1) is 0 Å². The Labute approximate surface area is 154 Å². The SMILES string of the molecule is CCc1cc(CCc2ccc(C(C)(C)C)c(O)c2)ccc1C(C)(C)C. The van der Waals surface area contributed by atoms with Crippen LogP contribution in [-0.2, 0) is 30.1 Å². The molecule has 0 saturated heterocycles. The van der Waals surface area contributed by atoms with E-state index in [4.69, 9.17) is 0 Å². The van der Waals surface area contributed by atoms with Crippen molar-refractivity contribution in [2.45, 2.75) is 78.6 Å². The number of hydrogen-bond donors (Lipinski definition) is 1. The first kappa shape index (κ1) is 19.6. The molecule has 2 aromatic rings. The van der Waals surface area contributed by atoms with Crippen LogP contribution in [0.15, 0.2) is 36.4 Å². The van der Waals surface area contributed by atoms with Crippen molar-refractivity contribution in [3.63, 3.8) is 0 Å². The fraction of sp³-hybridized carbons (Fsp3) is 0.500. The van der Waals surface area contributed by atoms with E-state index in [9.17, 15) is 5.11 Å². The van der Waals surface area contributed by atoms with Crippen molar-refractivity contribution in [1.82, 2.24) is 0 Å². The Balaban J connectivity index is 2.15. The minimum absolute atomic E-state index is 0.0264. The van der Waals surface area contributed by atoms with Crippen LogP contribution in [0.1, 0.15) is 76.3 Å². The number of benzene rings is 2. The molecule has 0 spiro atoms. The first-order valence-corrected chi connectivity index (χ1v) is 9.47. The maximum Gasteiger partial charge on any atom is 0.119 e. The highest BCUT2D eigenvalue weighted by molar-refractivity contribution is 5.41. The van der Waals surface area contributed by atoms with Crippen LogP contribution >= 0.6 is 0 Å². The third-order valence-corrected chi connectivity index (χ3v) is 4.93. The number of aromatic hydroxyl groups is 1. The molecule has 0 amide bonds. The van der Waals surface area contributed by atoms with Crippen LogP contribution in [0.25, 0.3) is 0 Å². The molecule has 136 valence electrons. The Bertz CT molecular complexity index is 727. The first-order chi connectivity index (χ1) is 11.5. The van der Waals surface area contributed by atoms with E-state index < -0.39 is 0 Å². The summed E-state index contributed by atoms with van der Waals surface area (Å²) in [5, 5.41) is 10.3. The van der Waals surface area contributed by atoms with E-state index >= 15 is 0 Å². The zero-order chi connectivity index (χ0) is 18.8. The molecular formula is C24H34O. The van der Waals surface area contributed by atoms with E-state index in [1.807, 2.05) is 6.07 Å². The van der Waals surface area contributed by atoms with E-state index in [1.54, 1.807) is 0 Å². The second-order valence-electron chi connectivity index (χ2n) is 9.20. The number of aryl methyl sites for hydroxylation is 3. The third kappa shape index (κ3) is 4.87. The first-order valence-electron chi connectivity index (χ1n) is 9.47. The maximum absolute atomic E-state index is 10.3. The summed E-state index contributed by atoms with van der Waals surface area (Å²) in [6.07, 6.45) is 3.03. The molecule has 2 aromatic carbocycles. The highest BCUT2D eigenvalue weighted by Crippen LogP contribution is 2.32. The van der Waals surface area contributed by atoms with Crippen LogP contribution in [-0.4, -0.2) is 5.11 Å². The van der Waals surface area contributed by atoms with Gasteiger partial charge in [0.15, 0.2) is 0 Å². The van der Waals surface area contributed by atoms with Crippen LogP contribution in [0.3, 0.4) is 0 Å². The second kappa shape index (κ2) is 7.23. The lowest BCUT2D eigenvalue weighted by atomic mass is 9.82. The van der Waals surface area contributed by atoms with E-state index in [1.165, 1.54) is 22.3 Å². The Morgan fingerprint density at radius 1 is 0.720 bits per heavy atom. The van der Waals surface area contributed by atoms with Gasteiger partial charge in [-0.2, -0.15) is 0 Å². The fourth-order valence-electron chi connectivity index (χ4n) is 3.48. The molecule has 1 heteroatoms. The molecule has 0 aromatic heterocycles. The number of phenolic OH excluding ortho intramolecular Hbond substituents is 1. The molecule has 0 aliphatic heterocycles. The van der Waals surface area contributed by atoms with Gasteiger partial charge in [-0.1, -0.05) is 78.8 Å². The van der Waals surface area contributed by atoms with Gasteiger partial charge < -0.3 is 5.11 Å². The summed E-state index contributed by atoms with van der Waals surface area (Å²) in [5.41, 5.74) is 6.66. The lowest BCUT2D eigenvalue weighted by Crippen LogP contribution is -2.14. The molecular weight excluding hydrogens is 304 g/mol. The van der Waals surface area contributed by atoms with Gasteiger partial charge in [0.2, 0.25) is 0 Å².